The lowest BCUT2D eigenvalue weighted by Gasteiger charge is -2.21. The molecule has 2 aromatic carbocycles. The smallest absolute Gasteiger partial charge is 0.260 e. The first-order chi connectivity index (χ1) is 12.2. The van der Waals surface area contributed by atoms with E-state index in [0.717, 1.165) is 24.2 Å². The number of hydrogen-bond donors (Lipinski definition) is 1. The number of rotatable bonds is 6. The van der Waals surface area contributed by atoms with Gasteiger partial charge in [0.25, 0.3) is 5.91 Å². The molecule has 2 aromatic rings. The van der Waals surface area contributed by atoms with E-state index < -0.39 is 15.9 Å². The van der Waals surface area contributed by atoms with Crippen LogP contribution in [-0.2, 0) is 14.8 Å². The molecule has 0 aliphatic rings. The van der Waals surface area contributed by atoms with Crippen LogP contribution < -0.4 is 9.73 Å². The SMILES string of the molecule is C/C(=N/NC(=O)CN(c1cccc(Br)c1)S(C)(=O)=O)c1cccc(I)c1. The van der Waals surface area contributed by atoms with E-state index >= 15 is 0 Å². The predicted molar refractivity (Wildman–Crippen MR) is 116 cm³/mol. The van der Waals surface area contributed by atoms with E-state index in [-0.39, 0.29) is 6.54 Å². The number of amides is 1. The Hall–Kier alpha value is -1.46. The minimum atomic E-state index is -3.62. The van der Waals surface area contributed by atoms with Gasteiger partial charge in [0.05, 0.1) is 17.7 Å². The number of benzene rings is 2. The highest BCUT2D eigenvalue weighted by Gasteiger charge is 2.21. The molecule has 0 fully saturated rings. The number of carbonyl (C=O) groups is 1. The largest absolute Gasteiger partial charge is 0.271 e. The average molecular weight is 550 g/mol. The summed E-state index contributed by atoms with van der Waals surface area (Å²) in [4.78, 5) is 12.2. The van der Waals surface area contributed by atoms with Crippen molar-refractivity contribution >= 4 is 65.9 Å². The fourth-order valence-corrected chi connectivity index (χ4v) is 3.90. The molecule has 0 unspecified atom stereocenters. The van der Waals surface area contributed by atoms with Gasteiger partial charge >= 0.3 is 0 Å². The van der Waals surface area contributed by atoms with Crippen molar-refractivity contribution in [2.45, 2.75) is 6.92 Å². The molecule has 26 heavy (non-hydrogen) atoms. The molecule has 0 aliphatic carbocycles. The lowest BCUT2D eigenvalue weighted by atomic mass is 10.1. The topological polar surface area (TPSA) is 78.8 Å². The average Bonchev–Trinajstić information content (AvgIpc) is 2.56. The van der Waals surface area contributed by atoms with Gasteiger partial charge < -0.3 is 0 Å². The molecule has 0 spiro atoms. The molecule has 9 heteroatoms. The maximum Gasteiger partial charge on any atom is 0.260 e. The zero-order chi connectivity index (χ0) is 19.3. The first-order valence-electron chi connectivity index (χ1n) is 7.49. The van der Waals surface area contributed by atoms with Gasteiger partial charge in [-0.1, -0.05) is 34.1 Å². The fraction of sp³-hybridized carbons (Fsp3) is 0.176. The van der Waals surface area contributed by atoms with E-state index in [4.69, 9.17) is 0 Å². The molecular weight excluding hydrogens is 533 g/mol. The molecule has 138 valence electrons. The lowest BCUT2D eigenvalue weighted by Crippen LogP contribution is -2.39. The molecule has 1 N–H and O–H groups in total. The summed E-state index contributed by atoms with van der Waals surface area (Å²) in [6.45, 7) is 1.41. The predicted octanol–water partition coefficient (Wildman–Crippen LogP) is 3.36. The number of sulfonamides is 1. The molecule has 0 bridgehead atoms. The van der Waals surface area contributed by atoms with Crippen LogP contribution in [0.5, 0.6) is 0 Å². The van der Waals surface area contributed by atoms with Crippen molar-refractivity contribution in [2.24, 2.45) is 5.10 Å². The monoisotopic (exact) mass is 549 g/mol. The number of halogens is 2. The van der Waals surface area contributed by atoms with Crippen molar-refractivity contribution in [3.8, 4) is 0 Å². The first kappa shape index (κ1) is 20.8. The number of hydrazone groups is 1. The fourth-order valence-electron chi connectivity index (χ4n) is 2.12. The molecule has 0 aromatic heterocycles. The second kappa shape index (κ2) is 8.96. The Kier molecular flexibility index (Phi) is 7.18. The van der Waals surface area contributed by atoms with Gasteiger partial charge in [-0.05, 0) is 65.4 Å². The van der Waals surface area contributed by atoms with E-state index in [0.29, 0.717) is 11.4 Å². The zero-order valence-corrected chi connectivity index (χ0v) is 18.7. The Bertz CT molecular complexity index is 948. The summed E-state index contributed by atoms with van der Waals surface area (Å²) in [6, 6.07) is 14.4. The van der Waals surface area contributed by atoms with Crippen LogP contribution in [0, 0.1) is 3.57 Å². The first-order valence-corrected chi connectivity index (χ1v) is 11.2. The number of hydrogen-bond acceptors (Lipinski definition) is 4. The summed E-state index contributed by atoms with van der Waals surface area (Å²) in [5.41, 5.74) is 4.32. The van der Waals surface area contributed by atoms with Crippen molar-refractivity contribution in [2.75, 3.05) is 17.1 Å². The molecular formula is C17H17BrIN3O3S. The zero-order valence-electron chi connectivity index (χ0n) is 14.1. The molecule has 0 saturated carbocycles. The van der Waals surface area contributed by atoms with E-state index in [1.54, 1.807) is 31.2 Å². The second-order valence-electron chi connectivity index (χ2n) is 5.49. The quantitative estimate of drug-likeness (QED) is 0.341. The lowest BCUT2D eigenvalue weighted by molar-refractivity contribution is -0.119. The van der Waals surface area contributed by atoms with Gasteiger partial charge in [0.1, 0.15) is 6.54 Å². The molecule has 2 rings (SSSR count). The molecule has 0 radical (unpaired) electrons. The van der Waals surface area contributed by atoms with Crippen molar-refractivity contribution in [1.82, 2.24) is 5.43 Å². The molecule has 6 nitrogen and oxygen atoms in total. The molecule has 0 aliphatic heterocycles. The molecule has 0 heterocycles. The second-order valence-corrected chi connectivity index (χ2v) is 9.56. The molecule has 0 atom stereocenters. The van der Waals surface area contributed by atoms with Gasteiger partial charge in [0.2, 0.25) is 10.0 Å². The Morgan fingerprint density at radius 2 is 1.92 bits per heavy atom. The van der Waals surface area contributed by atoms with Crippen LogP contribution in [0.2, 0.25) is 0 Å². The Morgan fingerprint density at radius 1 is 1.23 bits per heavy atom. The number of nitrogens with one attached hydrogen (secondary N) is 1. The van der Waals surface area contributed by atoms with Crippen molar-refractivity contribution in [3.05, 3.63) is 62.1 Å². The van der Waals surface area contributed by atoms with Crippen LogP contribution in [0.4, 0.5) is 5.69 Å². The van der Waals surface area contributed by atoms with Crippen LogP contribution >= 0.6 is 38.5 Å². The van der Waals surface area contributed by atoms with Crippen molar-refractivity contribution in [1.29, 1.82) is 0 Å². The standard InChI is InChI=1S/C17H17BrIN3O3S/c1-12(13-5-3-7-15(19)9-13)20-21-17(23)11-22(26(2,24)25)16-8-4-6-14(18)10-16/h3-10H,11H2,1-2H3,(H,21,23)/b20-12-. The van der Waals surface area contributed by atoms with E-state index in [1.807, 2.05) is 24.3 Å². The summed E-state index contributed by atoms with van der Waals surface area (Å²) >= 11 is 5.50. The highest BCUT2D eigenvalue weighted by atomic mass is 127. The number of anilines is 1. The van der Waals surface area contributed by atoms with Gasteiger partial charge in [0.15, 0.2) is 0 Å². The molecule has 0 saturated heterocycles. The number of nitrogens with zero attached hydrogens (tertiary/aromatic N) is 2. The van der Waals surface area contributed by atoms with Crippen LogP contribution in [0.3, 0.4) is 0 Å². The van der Waals surface area contributed by atoms with Crippen LogP contribution in [-0.4, -0.2) is 32.8 Å². The Labute approximate surface area is 175 Å². The van der Waals surface area contributed by atoms with Gasteiger partial charge in [0, 0.05) is 8.04 Å². The van der Waals surface area contributed by atoms with Crippen LogP contribution in [0.15, 0.2) is 58.1 Å². The maximum absolute atomic E-state index is 12.2. The van der Waals surface area contributed by atoms with E-state index in [1.165, 1.54) is 0 Å². The minimum Gasteiger partial charge on any atom is -0.271 e. The Balaban J connectivity index is 2.14. The van der Waals surface area contributed by atoms with Gasteiger partial charge in [-0.3, -0.25) is 9.10 Å². The van der Waals surface area contributed by atoms with E-state index in [9.17, 15) is 13.2 Å². The van der Waals surface area contributed by atoms with Crippen molar-refractivity contribution in [3.63, 3.8) is 0 Å². The van der Waals surface area contributed by atoms with Gasteiger partial charge in [-0.15, -0.1) is 0 Å². The Morgan fingerprint density at radius 3 is 2.54 bits per heavy atom. The summed E-state index contributed by atoms with van der Waals surface area (Å²) in [5.74, 6) is -0.527. The third-order valence-corrected chi connectivity index (χ3v) is 5.68. The van der Waals surface area contributed by atoms with Crippen LogP contribution in [0.1, 0.15) is 12.5 Å². The summed E-state index contributed by atoms with van der Waals surface area (Å²) in [6.07, 6.45) is 1.06. The number of carbonyl (C=O) groups excluding carboxylic acids is 1. The van der Waals surface area contributed by atoms with Gasteiger partial charge in [-0.2, -0.15) is 5.10 Å². The maximum atomic E-state index is 12.2. The normalized spacial score (nSPS) is 11.9. The van der Waals surface area contributed by atoms with Gasteiger partial charge in [-0.25, -0.2) is 13.8 Å². The summed E-state index contributed by atoms with van der Waals surface area (Å²) in [5, 5.41) is 4.06. The van der Waals surface area contributed by atoms with Crippen molar-refractivity contribution < 1.29 is 13.2 Å². The highest BCUT2D eigenvalue weighted by molar-refractivity contribution is 14.1. The summed E-state index contributed by atoms with van der Waals surface area (Å²) in [7, 11) is -3.62. The minimum absolute atomic E-state index is 0.363. The summed E-state index contributed by atoms with van der Waals surface area (Å²) < 4.78 is 26.9. The van der Waals surface area contributed by atoms with Crippen LogP contribution in [0.25, 0.3) is 0 Å². The molecule has 1 amide bonds. The highest BCUT2D eigenvalue weighted by Crippen LogP contribution is 2.21. The third kappa shape index (κ3) is 6.06. The van der Waals surface area contributed by atoms with E-state index in [2.05, 4.69) is 49.0 Å². The third-order valence-electron chi connectivity index (χ3n) is 3.37.